The van der Waals surface area contributed by atoms with Crippen molar-refractivity contribution in [3.05, 3.63) is 70.8 Å². The Morgan fingerprint density at radius 2 is 1.49 bits per heavy atom. The van der Waals surface area contributed by atoms with Crippen LogP contribution in [0.1, 0.15) is 92.4 Å². The molecule has 0 aliphatic carbocycles. The number of carbonyl (C=O) groups excluding carboxylic acids is 1. The lowest BCUT2D eigenvalue weighted by atomic mass is 9.99. The fourth-order valence-corrected chi connectivity index (χ4v) is 5.30. The summed E-state index contributed by atoms with van der Waals surface area (Å²) in [5.41, 5.74) is 3.85. The largest absolute Gasteiger partial charge is 0.481 e. The minimum Gasteiger partial charge on any atom is -0.481 e. The van der Waals surface area contributed by atoms with Crippen LogP contribution in [0.3, 0.4) is 0 Å². The molecule has 1 amide bonds. The monoisotopic (exact) mass is 538 g/mol. The SMILES string of the molecule is O=C(O)CCCC(=O)NCc1ccc(C2OC(CN3CCCCCCC3)CC(c3ccc(CO)cc3)O2)cc1. The molecule has 0 bridgehead atoms. The van der Waals surface area contributed by atoms with Crippen LogP contribution in [0.15, 0.2) is 48.5 Å². The molecule has 2 saturated heterocycles. The summed E-state index contributed by atoms with van der Waals surface area (Å²) in [6.07, 6.45) is 7.12. The van der Waals surface area contributed by atoms with Crippen LogP contribution in [0.25, 0.3) is 0 Å². The number of aliphatic hydroxyl groups is 1. The normalized spacial score (nSPS) is 22.5. The predicted molar refractivity (Wildman–Crippen MR) is 148 cm³/mol. The number of aliphatic carboxylic acids is 1. The lowest BCUT2D eigenvalue weighted by Crippen LogP contribution is -2.40. The van der Waals surface area contributed by atoms with Crippen LogP contribution in [-0.4, -0.2) is 52.7 Å². The first-order chi connectivity index (χ1) is 19.0. The molecule has 0 aromatic heterocycles. The molecule has 39 heavy (non-hydrogen) atoms. The fourth-order valence-electron chi connectivity index (χ4n) is 5.30. The molecule has 0 saturated carbocycles. The highest BCUT2D eigenvalue weighted by Gasteiger charge is 2.33. The number of hydrogen-bond donors (Lipinski definition) is 3. The fraction of sp³-hybridized carbons (Fsp3) is 0.548. The van der Waals surface area contributed by atoms with Gasteiger partial charge in [0.2, 0.25) is 5.91 Å². The van der Waals surface area contributed by atoms with Gasteiger partial charge in [-0.1, -0.05) is 67.8 Å². The number of hydrogen-bond acceptors (Lipinski definition) is 6. The van der Waals surface area contributed by atoms with Crippen LogP contribution < -0.4 is 5.32 Å². The summed E-state index contributed by atoms with van der Waals surface area (Å²) in [6.45, 7) is 3.51. The summed E-state index contributed by atoms with van der Waals surface area (Å²) in [5, 5.41) is 21.0. The molecule has 0 radical (unpaired) electrons. The van der Waals surface area contributed by atoms with Crippen molar-refractivity contribution < 1.29 is 29.3 Å². The Morgan fingerprint density at radius 3 is 2.15 bits per heavy atom. The van der Waals surface area contributed by atoms with E-state index in [1.165, 1.54) is 32.1 Å². The second-order valence-corrected chi connectivity index (χ2v) is 10.7. The first-order valence-corrected chi connectivity index (χ1v) is 14.3. The van der Waals surface area contributed by atoms with Crippen LogP contribution in [0.4, 0.5) is 0 Å². The van der Waals surface area contributed by atoms with E-state index in [0.29, 0.717) is 13.0 Å². The number of benzene rings is 2. The number of aliphatic hydroxyl groups excluding tert-OH is 1. The zero-order valence-electron chi connectivity index (χ0n) is 22.7. The Balaban J connectivity index is 1.40. The Labute approximate surface area is 231 Å². The van der Waals surface area contributed by atoms with Crippen molar-refractivity contribution in [2.24, 2.45) is 0 Å². The smallest absolute Gasteiger partial charge is 0.303 e. The molecule has 4 rings (SSSR count). The minimum absolute atomic E-state index is 0.00513. The molecule has 3 N–H and O–H groups in total. The van der Waals surface area contributed by atoms with Gasteiger partial charge in [0, 0.05) is 37.9 Å². The van der Waals surface area contributed by atoms with Crippen LogP contribution in [0, 0.1) is 0 Å². The topological polar surface area (TPSA) is 108 Å². The lowest BCUT2D eigenvalue weighted by molar-refractivity contribution is -0.253. The summed E-state index contributed by atoms with van der Waals surface area (Å²) in [5.74, 6) is -1.04. The summed E-state index contributed by atoms with van der Waals surface area (Å²) in [6, 6.07) is 15.9. The highest BCUT2D eigenvalue weighted by atomic mass is 16.7. The van der Waals surface area contributed by atoms with Crippen molar-refractivity contribution in [3.63, 3.8) is 0 Å². The van der Waals surface area contributed by atoms with E-state index in [1.807, 2.05) is 48.5 Å². The zero-order valence-corrected chi connectivity index (χ0v) is 22.7. The van der Waals surface area contributed by atoms with Crippen LogP contribution in [0.2, 0.25) is 0 Å². The van der Waals surface area contributed by atoms with Gasteiger partial charge in [-0.25, -0.2) is 0 Å². The van der Waals surface area contributed by atoms with Gasteiger partial charge in [-0.3, -0.25) is 9.59 Å². The van der Waals surface area contributed by atoms with Gasteiger partial charge in [-0.2, -0.15) is 0 Å². The van der Waals surface area contributed by atoms with E-state index in [1.54, 1.807) is 0 Å². The molecule has 2 aromatic carbocycles. The average molecular weight is 539 g/mol. The third-order valence-electron chi connectivity index (χ3n) is 7.56. The predicted octanol–water partition coefficient (Wildman–Crippen LogP) is 4.86. The maximum Gasteiger partial charge on any atom is 0.303 e. The van der Waals surface area contributed by atoms with E-state index in [4.69, 9.17) is 14.6 Å². The second kappa shape index (κ2) is 15.1. The molecule has 3 unspecified atom stereocenters. The maximum atomic E-state index is 12.0. The molecule has 2 fully saturated rings. The number of rotatable bonds is 11. The number of nitrogens with one attached hydrogen (secondary N) is 1. The lowest BCUT2D eigenvalue weighted by Gasteiger charge is -2.38. The standard InChI is InChI=1S/C31H42N2O6/c34-22-24-11-13-25(14-12-24)28-19-27(21-33-17-4-2-1-3-5-18-33)38-31(39-28)26-15-9-23(10-16-26)20-32-29(35)7-6-8-30(36)37/h9-16,27-28,31,34H,1-8,17-22H2,(H,32,35)(H,36,37). The molecule has 2 aliphatic rings. The van der Waals surface area contributed by atoms with Gasteiger partial charge in [-0.05, 0) is 49.0 Å². The minimum atomic E-state index is -0.890. The number of carbonyl (C=O) groups is 2. The van der Waals surface area contributed by atoms with Crippen molar-refractivity contribution in [2.45, 2.75) is 89.4 Å². The van der Waals surface area contributed by atoms with E-state index in [9.17, 15) is 14.7 Å². The highest BCUT2D eigenvalue weighted by Crippen LogP contribution is 2.38. The highest BCUT2D eigenvalue weighted by molar-refractivity contribution is 5.76. The Hall–Kier alpha value is -2.78. The molecule has 8 nitrogen and oxygen atoms in total. The average Bonchev–Trinajstić information content (AvgIpc) is 2.93. The quantitative estimate of drug-likeness (QED) is 0.375. The molecule has 212 valence electrons. The van der Waals surface area contributed by atoms with Gasteiger partial charge in [0.05, 0.1) is 18.8 Å². The first-order valence-electron chi connectivity index (χ1n) is 14.3. The molecule has 0 spiro atoms. The molecule has 2 aliphatic heterocycles. The number of carboxylic acid groups (broad SMARTS) is 1. The van der Waals surface area contributed by atoms with Crippen molar-refractivity contribution in [1.82, 2.24) is 10.2 Å². The molecule has 2 heterocycles. The molecular formula is C31H42N2O6. The number of ether oxygens (including phenoxy) is 2. The maximum absolute atomic E-state index is 12.0. The van der Waals surface area contributed by atoms with Crippen molar-refractivity contribution in [1.29, 1.82) is 0 Å². The van der Waals surface area contributed by atoms with Gasteiger partial charge >= 0.3 is 5.97 Å². The Bertz CT molecular complexity index is 1030. The summed E-state index contributed by atoms with van der Waals surface area (Å²) < 4.78 is 13.0. The second-order valence-electron chi connectivity index (χ2n) is 10.7. The summed E-state index contributed by atoms with van der Waals surface area (Å²) in [4.78, 5) is 25.2. The van der Waals surface area contributed by atoms with E-state index in [-0.39, 0.29) is 37.6 Å². The van der Waals surface area contributed by atoms with Crippen molar-refractivity contribution >= 4 is 11.9 Å². The Kier molecular flexibility index (Phi) is 11.3. The Morgan fingerprint density at radius 1 is 0.846 bits per heavy atom. The molecule has 3 atom stereocenters. The number of likely N-dealkylation sites (tertiary alicyclic amines) is 1. The van der Waals surface area contributed by atoms with Gasteiger partial charge in [0.25, 0.3) is 0 Å². The third kappa shape index (κ3) is 9.42. The molecular weight excluding hydrogens is 496 g/mol. The van der Waals surface area contributed by atoms with E-state index in [0.717, 1.165) is 48.3 Å². The van der Waals surface area contributed by atoms with Gasteiger partial charge < -0.3 is 29.9 Å². The van der Waals surface area contributed by atoms with Crippen LogP contribution in [-0.2, 0) is 32.2 Å². The summed E-state index contributed by atoms with van der Waals surface area (Å²) in [7, 11) is 0. The van der Waals surface area contributed by atoms with Crippen molar-refractivity contribution in [3.8, 4) is 0 Å². The van der Waals surface area contributed by atoms with Gasteiger partial charge in [-0.15, -0.1) is 0 Å². The first kappa shape index (κ1) is 29.2. The van der Waals surface area contributed by atoms with Crippen LogP contribution in [0.5, 0.6) is 0 Å². The van der Waals surface area contributed by atoms with E-state index < -0.39 is 12.3 Å². The van der Waals surface area contributed by atoms with Crippen molar-refractivity contribution in [2.75, 3.05) is 19.6 Å². The third-order valence-corrected chi connectivity index (χ3v) is 7.56. The number of amides is 1. The van der Waals surface area contributed by atoms with Gasteiger partial charge in [0.15, 0.2) is 6.29 Å². The van der Waals surface area contributed by atoms with E-state index >= 15 is 0 Å². The van der Waals surface area contributed by atoms with Crippen LogP contribution >= 0.6 is 0 Å². The summed E-state index contributed by atoms with van der Waals surface area (Å²) >= 11 is 0. The number of nitrogens with zero attached hydrogens (tertiary/aromatic N) is 1. The molecule has 2 aromatic rings. The number of carboxylic acids is 1. The zero-order chi connectivity index (χ0) is 27.5. The van der Waals surface area contributed by atoms with Gasteiger partial charge in [0.1, 0.15) is 0 Å². The van der Waals surface area contributed by atoms with E-state index in [2.05, 4.69) is 10.2 Å². The molecule has 8 heteroatoms.